The van der Waals surface area contributed by atoms with Gasteiger partial charge in [-0.3, -0.25) is 19.3 Å². The van der Waals surface area contributed by atoms with Gasteiger partial charge in [-0.2, -0.15) is 5.10 Å². The minimum atomic E-state index is -0.168. The highest BCUT2D eigenvalue weighted by Crippen LogP contribution is 2.23. The Kier molecular flexibility index (Phi) is 5.67. The summed E-state index contributed by atoms with van der Waals surface area (Å²) in [4.78, 5) is 22.2. The highest BCUT2D eigenvalue weighted by molar-refractivity contribution is 7.18. The second-order valence-corrected chi connectivity index (χ2v) is 8.84. The predicted octanol–water partition coefficient (Wildman–Crippen LogP) is 2.79. The first kappa shape index (κ1) is 20.0. The summed E-state index contributed by atoms with van der Waals surface area (Å²) in [5.41, 5.74) is 3.74. The van der Waals surface area contributed by atoms with Crippen LogP contribution in [0.4, 0.5) is 5.69 Å². The summed E-state index contributed by atoms with van der Waals surface area (Å²) in [5, 5.41) is 8.61. The number of amides is 1. The molecule has 154 valence electrons. The van der Waals surface area contributed by atoms with Crippen molar-refractivity contribution in [2.45, 2.75) is 33.4 Å². The molecule has 7 nitrogen and oxygen atoms in total. The van der Waals surface area contributed by atoms with Gasteiger partial charge in [-0.05, 0) is 32.9 Å². The Bertz CT molecular complexity index is 985. The number of benzene rings is 1. The van der Waals surface area contributed by atoms with Gasteiger partial charge in [-0.25, -0.2) is 4.98 Å². The van der Waals surface area contributed by atoms with Gasteiger partial charge in [0.25, 0.3) is 0 Å². The molecular weight excluding hydrogens is 384 g/mol. The number of rotatable bonds is 5. The number of nitrogens with zero attached hydrogens (tertiary/aromatic N) is 5. The molecule has 8 heteroatoms. The number of anilines is 1. The molecule has 3 heterocycles. The number of carbonyl (C=O) groups excluding carboxylic acids is 1. The second-order valence-electron chi connectivity index (χ2n) is 7.72. The number of aryl methyl sites for hydroxylation is 2. The first-order valence-corrected chi connectivity index (χ1v) is 10.9. The van der Waals surface area contributed by atoms with Crippen molar-refractivity contribution in [1.29, 1.82) is 0 Å². The number of fused-ring (bicyclic) bond motifs is 1. The highest BCUT2D eigenvalue weighted by atomic mass is 32.1. The van der Waals surface area contributed by atoms with E-state index in [-0.39, 0.29) is 11.9 Å². The zero-order valence-corrected chi connectivity index (χ0v) is 18.3. The molecule has 1 N–H and O–H groups in total. The van der Waals surface area contributed by atoms with Crippen LogP contribution in [0, 0.1) is 13.8 Å². The first-order valence-electron chi connectivity index (χ1n) is 10.0. The Morgan fingerprint density at radius 1 is 1.21 bits per heavy atom. The summed E-state index contributed by atoms with van der Waals surface area (Å²) in [6, 6.07) is 8.12. The minimum Gasteiger partial charge on any atom is -0.322 e. The predicted molar refractivity (Wildman–Crippen MR) is 117 cm³/mol. The van der Waals surface area contributed by atoms with Crippen LogP contribution in [0.2, 0.25) is 0 Å². The molecule has 29 heavy (non-hydrogen) atoms. The number of carbonyl (C=O) groups is 1. The van der Waals surface area contributed by atoms with E-state index in [0.717, 1.165) is 60.3 Å². The molecule has 0 spiro atoms. The molecular formula is C21H28N6OS. The number of piperazine rings is 1. The van der Waals surface area contributed by atoms with E-state index in [2.05, 4.69) is 38.4 Å². The summed E-state index contributed by atoms with van der Waals surface area (Å²) in [6.07, 6.45) is 0. The van der Waals surface area contributed by atoms with Crippen LogP contribution < -0.4 is 5.32 Å². The number of nitrogens with one attached hydrogen (secondary N) is 1. The van der Waals surface area contributed by atoms with Crippen LogP contribution in [0.25, 0.3) is 10.2 Å². The van der Waals surface area contributed by atoms with Gasteiger partial charge in [0, 0.05) is 33.2 Å². The molecule has 1 aromatic carbocycles. The molecule has 1 aliphatic rings. The first-order chi connectivity index (χ1) is 13.9. The Morgan fingerprint density at radius 3 is 2.59 bits per heavy atom. The zero-order chi connectivity index (χ0) is 20.5. The van der Waals surface area contributed by atoms with E-state index in [1.165, 1.54) is 4.70 Å². The Balaban J connectivity index is 1.32. The summed E-state index contributed by atoms with van der Waals surface area (Å²) < 4.78 is 3.04. The summed E-state index contributed by atoms with van der Waals surface area (Å²) in [5.74, 6) is 0.0313. The molecule has 1 aliphatic heterocycles. The highest BCUT2D eigenvalue weighted by Gasteiger charge is 2.27. The van der Waals surface area contributed by atoms with Crippen molar-refractivity contribution in [2.75, 3.05) is 31.5 Å². The van der Waals surface area contributed by atoms with Crippen LogP contribution in [-0.4, -0.2) is 62.7 Å². The molecule has 3 aromatic rings. The zero-order valence-electron chi connectivity index (χ0n) is 17.5. The smallest absolute Gasteiger partial charge is 0.241 e. The largest absolute Gasteiger partial charge is 0.322 e. The topological polar surface area (TPSA) is 66.3 Å². The Hall–Kier alpha value is -2.29. The van der Waals surface area contributed by atoms with Crippen LogP contribution in [0.5, 0.6) is 0 Å². The summed E-state index contributed by atoms with van der Waals surface area (Å²) >= 11 is 1.77. The molecule has 4 rings (SSSR count). The minimum absolute atomic E-state index is 0.0313. The lowest BCUT2D eigenvalue weighted by Crippen LogP contribution is -2.52. The van der Waals surface area contributed by atoms with E-state index in [0.29, 0.717) is 0 Å². The van der Waals surface area contributed by atoms with Crippen LogP contribution in [0.3, 0.4) is 0 Å². The van der Waals surface area contributed by atoms with Crippen molar-refractivity contribution in [1.82, 2.24) is 24.6 Å². The Labute approximate surface area is 175 Å². The van der Waals surface area contributed by atoms with Crippen LogP contribution in [-0.2, 0) is 18.4 Å². The van der Waals surface area contributed by atoms with Crippen molar-refractivity contribution >= 4 is 33.1 Å². The summed E-state index contributed by atoms with van der Waals surface area (Å²) in [6.45, 7) is 10.4. The van der Waals surface area contributed by atoms with E-state index in [1.807, 2.05) is 33.9 Å². The molecule has 0 saturated carbocycles. The van der Waals surface area contributed by atoms with Crippen molar-refractivity contribution in [3.63, 3.8) is 0 Å². The van der Waals surface area contributed by atoms with Crippen molar-refractivity contribution in [3.8, 4) is 0 Å². The van der Waals surface area contributed by atoms with Crippen LogP contribution >= 0.6 is 11.3 Å². The SMILES string of the molecule is Cc1nn(C)c(C)c1NC(=O)[C@H](C)N1CCN(Cc2nc3ccccc3s2)CC1. The lowest BCUT2D eigenvalue weighted by Gasteiger charge is -2.37. The third-order valence-corrected chi connectivity index (χ3v) is 6.81. The van der Waals surface area contributed by atoms with Crippen LogP contribution in [0.1, 0.15) is 23.3 Å². The normalized spacial score (nSPS) is 17.0. The van der Waals surface area contributed by atoms with Crippen LogP contribution in [0.15, 0.2) is 24.3 Å². The fraction of sp³-hybridized carbons (Fsp3) is 0.476. The van der Waals surface area contributed by atoms with E-state index in [4.69, 9.17) is 4.98 Å². The van der Waals surface area contributed by atoms with E-state index in [1.54, 1.807) is 16.0 Å². The maximum absolute atomic E-state index is 12.8. The van der Waals surface area contributed by atoms with E-state index >= 15 is 0 Å². The lowest BCUT2D eigenvalue weighted by molar-refractivity contribution is -0.121. The molecule has 1 atom stereocenters. The number of hydrogen-bond acceptors (Lipinski definition) is 6. The fourth-order valence-corrected chi connectivity index (χ4v) is 4.85. The molecule has 0 bridgehead atoms. The number of hydrogen-bond donors (Lipinski definition) is 1. The molecule has 1 amide bonds. The van der Waals surface area contributed by atoms with Gasteiger partial charge in [0.2, 0.25) is 5.91 Å². The third-order valence-electron chi connectivity index (χ3n) is 5.79. The molecule has 1 saturated heterocycles. The second kappa shape index (κ2) is 8.22. The molecule has 1 fully saturated rings. The monoisotopic (exact) mass is 412 g/mol. The number of thiazole rings is 1. The third kappa shape index (κ3) is 4.19. The van der Waals surface area contributed by atoms with Gasteiger partial charge in [0.1, 0.15) is 5.01 Å². The van der Waals surface area contributed by atoms with Gasteiger partial charge < -0.3 is 5.32 Å². The average Bonchev–Trinajstić information content (AvgIpc) is 3.23. The van der Waals surface area contributed by atoms with E-state index in [9.17, 15) is 4.79 Å². The van der Waals surface area contributed by atoms with E-state index < -0.39 is 0 Å². The van der Waals surface area contributed by atoms with Gasteiger partial charge in [-0.1, -0.05) is 12.1 Å². The van der Waals surface area contributed by atoms with Crippen molar-refractivity contribution in [3.05, 3.63) is 40.7 Å². The molecule has 2 aromatic heterocycles. The lowest BCUT2D eigenvalue weighted by atomic mass is 10.2. The fourth-order valence-electron chi connectivity index (χ4n) is 3.84. The Morgan fingerprint density at radius 2 is 1.93 bits per heavy atom. The van der Waals surface area contributed by atoms with Crippen molar-refractivity contribution in [2.24, 2.45) is 7.05 Å². The maximum Gasteiger partial charge on any atom is 0.241 e. The average molecular weight is 413 g/mol. The van der Waals surface area contributed by atoms with Crippen molar-refractivity contribution < 1.29 is 4.79 Å². The van der Waals surface area contributed by atoms with Gasteiger partial charge in [0.15, 0.2) is 0 Å². The molecule has 0 unspecified atom stereocenters. The van der Waals surface area contributed by atoms with Gasteiger partial charge >= 0.3 is 0 Å². The number of aromatic nitrogens is 3. The number of para-hydroxylation sites is 1. The molecule has 0 radical (unpaired) electrons. The quantitative estimate of drug-likeness (QED) is 0.698. The van der Waals surface area contributed by atoms with Gasteiger partial charge in [-0.15, -0.1) is 11.3 Å². The summed E-state index contributed by atoms with van der Waals surface area (Å²) in [7, 11) is 1.89. The molecule has 0 aliphatic carbocycles. The maximum atomic E-state index is 12.8. The standard InChI is InChI=1S/C21H28N6OS/c1-14-20(15(2)25(4)24-14)23-21(28)16(3)27-11-9-26(10-12-27)13-19-22-17-7-5-6-8-18(17)29-19/h5-8,16H,9-13H2,1-4H3,(H,23,28)/t16-/m0/s1. The van der Waals surface area contributed by atoms with Gasteiger partial charge in [0.05, 0.1) is 39.9 Å².